The molecular formula is C15H19F3N2O. The predicted octanol–water partition coefficient (Wildman–Crippen LogP) is 4.41. The Labute approximate surface area is 121 Å². The predicted molar refractivity (Wildman–Crippen MR) is 75.0 cm³/mol. The number of carbonyl (C=O) groups is 1. The lowest BCUT2D eigenvalue weighted by molar-refractivity contribution is -0.137. The highest BCUT2D eigenvalue weighted by Crippen LogP contribution is 2.30. The number of amides is 2. The topological polar surface area (TPSA) is 41.1 Å². The first-order valence-electron chi connectivity index (χ1n) is 7.17. The number of carbonyl (C=O) groups excluding carboxylic acids is 1. The second-order valence-electron chi connectivity index (χ2n) is 5.42. The van der Waals surface area contributed by atoms with Crippen LogP contribution in [-0.2, 0) is 6.18 Å². The van der Waals surface area contributed by atoms with Gasteiger partial charge in [0, 0.05) is 12.2 Å². The molecular weight excluding hydrogens is 281 g/mol. The number of alkyl halides is 3. The van der Waals surface area contributed by atoms with Gasteiger partial charge < -0.3 is 10.6 Å². The zero-order chi connectivity index (χ0) is 15.3. The van der Waals surface area contributed by atoms with Gasteiger partial charge in [-0.3, -0.25) is 0 Å². The van der Waals surface area contributed by atoms with E-state index < -0.39 is 17.8 Å². The van der Waals surface area contributed by atoms with Gasteiger partial charge in [-0.05, 0) is 37.0 Å². The largest absolute Gasteiger partial charge is 0.416 e. The molecule has 2 rings (SSSR count). The van der Waals surface area contributed by atoms with Gasteiger partial charge >= 0.3 is 12.2 Å². The van der Waals surface area contributed by atoms with E-state index in [0.29, 0.717) is 12.5 Å². The number of benzene rings is 1. The third-order valence-electron chi connectivity index (χ3n) is 3.72. The van der Waals surface area contributed by atoms with Gasteiger partial charge in [0.2, 0.25) is 0 Å². The number of rotatable bonds is 3. The number of hydrogen-bond acceptors (Lipinski definition) is 1. The number of urea groups is 1. The second-order valence-corrected chi connectivity index (χ2v) is 5.42. The van der Waals surface area contributed by atoms with E-state index in [0.717, 1.165) is 25.0 Å². The van der Waals surface area contributed by atoms with Crippen LogP contribution in [0.15, 0.2) is 24.3 Å². The Hall–Kier alpha value is -1.72. The molecule has 1 fully saturated rings. The maximum absolute atomic E-state index is 12.6. The first-order chi connectivity index (χ1) is 9.95. The Morgan fingerprint density at radius 1 is 1.19 bits per heavy atom. The van der Waals surface area contributed by atoms with Crippen LogP contribution in [0.5, 0.6) is 0 Å². The molecule has 1 aliphatic rings. The molecule has 0 aromatic heterocycles. The first-order valence-corrected chi connectivity index (χ1v) is 7.17. The van der Waals surface area contributed by atoms with Gasteiger partial charge in [-0.25, -0.2) is 4.79 Å². The lowest BCUT2D eigenvalue weighted by atomic mass is 9.89. The number of anilines is 1. The molecule has 0 bridgehead atoms. The average Bonchev–Trinajstić information content (AvgIpc) is 2.46. The number of hydrogen-bond donors (Lipinski definition) is 2. The summed E-state index contributed by atoms with van der Waals surface area (Å²) >= 11 is 0. The Morgan fingerprint density at radius 3 is 2.57 bits per heavy atom. The molecule has 6 heteroatoms. The highest BCUT2D eigenvalue weighted by atomic mass is 19.4. The summed E-state index contributed by atoms with van der Waals surface area (Å²) in [5.41, 5.74) is -0.626. The van der Waals surface area contributed by atoms with Crippen molar-refractivity contribution in [2.75, 3.05) is 11.9 Å². The van der Waals surface area contributed by atoms with E-state index in [1.165, 1.54) is 31.4 Å². The summed E-state index contributed by atoms with van der Waals surface area (Å²) in [6.07, 6.45) is 1.40. The summed E-state index contributed by atoms with van der Waals surface area (Å²) in [5.74, 6) is 0.478. The molecule has 2 N–H and O–H groups in total. The minimum atomic E-state index is -4.41. The summed E-state index contributed by atoms with van der Waals surface area (Å²) in [6, 6.07) is 4.17. The first kappa shape index (κ1) is 15.7. The van der Waals surface area contributed by atoms with Crippen molar-refractivity contribution < 1.29 is 18.0 Å². The van der Waals surface area contributed by atoms with Crippen LogP contribution in [0.2, 0.25) is 0 Å². The summed E-state index contributed by atoms with van der Waals surface area (Å²) in [4.78, 5) is 11.7. The fourth-order valence-corrected chi connectivity index (χ4v) is 2.58. The molecule has 1 saturated carbocycles. The molecule has 0 unspecified atom stereocenters. The third kappa shape index (κ3) is 4.95. The molecule has 0 atom stereocenters. The Balaban J connectivity index is 1.84. The SMILES string of the molecule is O=C(NCC1CCCCC1)Nc1cccc(C(F)(F)F)c1. The van der Waals surface area contributed by atoms with Gasteiger partial charge in [0.05, 0.1) is 5.56 Å². The minimum Gasteiger partial charge on any atom is -0.338 e. The van der Waals surface area contributed by atoms with Gasteiger partial charge in [0.25, 0.3) is 0 Å². The van der Waals surface area contributed by atoms with Crippen LogP contribution in [0.1, 0.15) is 37.7 Å². The van der Waals surface area contributed by atoms with Gasteiger partial charge in [0.1, 0.15) is 0 Å². The summed E-state index contributed by atoms with van der Waals surface area (Å²) in [6.45, 7) is 0.574. The molecule has 0 aliphatic heterocycles. The third-order valence-corrected chi connectivity index (χ3v) is 3.72. The molecule has 0 saturated heterocycles. The molecule has 2 amide bonds. The smallest absolute Gasteiger partial charge is 0.338 e. The minimum absolute atomic E-state index is 0.144. The summed E-state index contributed by atoms with van der Waals surface area (Å²) in [5, 5.41) is 5.17. The van der Waals surface area contributed by atoms with Crippen LogP contribution < -0.4 is 10.6 Å². The molecule has 21 heavy (non-hydrogen) atoms. The molecule has 1 aliphatic carbocycles. The lowest BCUT2D eigenvalue weighted by Gasteiger charge is -2.21. The van der Waals surface area contributed by atoms with E-state index in [-0.39, 0.29) is 5.69 Å². The van der Waals surface area contributed by atoms with E-state index in [1.807, 2.05) is 0 Å². The molecule has 0 heterocycles. The standard InChI is InChI=1S/C15H19F3N2O/c16-15(17,18)12-7-4-8-13(9-12)20-14(21)19-10-11-5-2-1-3-6-11/h4,7-9,11H,1-3,5-6,10H2,(H2,19,20,21). The van der Waals surface area contributed by atoms with Crippen molar-refractivity contribution in [1.29, 1.82) is 0 Å². The maximum Gasteiger partial charge on any atom is 0.416 e. The fourth-order valence-electron chi connectivity index (χ4n) is 2.58. The number of halogens is 3. The summed E-state index contributed by atoms with van der Waals surface area (Å²) < 4.78 is 37.7. The summed E-state index contributed by atoms with van der Waals surface area (Å²) in [7, 11) is 0. The molecule has 0 radical (unpaired) electrons. The van der Waals surface area contributed by atoms with Crippen LogP contribution in [0.25, 0.3) is 0 Å². The molecule has 116 valence electrons. The zero-order valence-corrected chi connectivity index (χ0v) is 11.7. The van der Waals surface area contributed by atoms with Gasteiger partial charge in [-0.15, -0.1) is 0 Å². The van der Waals surface area contributed by atoms with Crippen molar-refractivity contribution in [3.8, 4) is 0 Å². The van der Waals surface area contributed by atoms with Crippen molar-refractivity contribution in [3.05, 3.63) is 29.8 Å². The quantitative estimate of drug-likeness (QED) is 0.853. The van der Waals surface area contributed by atoms with Crippen molar-refractivity contribution >= 4 is 11.7 Å². The van der Waals surface area contributed by atoms with Crippen LogP contribution in [0.3, 0.4) is 0 Å². The molecule has 0 spiro atoms. The molecule has 1 aromatic rings. The number of nitrogens with one attached hydrogen (secondary N) is 2. The van der Waals surface area contributed by atoms with E-state index >= 15 is 0 Å². The highest BCUT2D eigenvalue weighted by Gasteiger charge is 2.30. The van der Waals surface area contributed by atoms with Crippen LogP contribution >= 0.6 is 0 Å². The van der Waals surface area contributed by atoms with Crippen LogP contribution in [-0.4, -0.2) is 12.6 Å². The Morgan fingerprint density at radius 2 is 1.90 bits per heavy atom. The van der Waals surface area contributed by atoms with E-state index in [2.05, 4.69) is 10.6 Å². The van der Waals surface area contributed by atoms with Crippen molar-refractivity contribution in [3.63, 3.8) is 0 Å². The monoisotopic (exact) mass is 300 g/mol. The van der Waals surface area contributed by atoms with Gasteiger partial charge in [-0.1, -0.05) is 25.3 Å². The van der Waals surface area contributed by atoms with Crippen molar-refractivity contribution in [2.24, 2.45) is 5.92 Å². The maximum atomic E-state index is 12.6. The van der Waals surface area contributed by atoms with Gasteiger partial charge in [0.15, 0.2) is 0 Å². The Bertz CT molecular complexity index is 482. The molecule has 1 aromatic carbocycles. The lowest BCUT2D eigenvalue weighted by Crippen LogP contribution is -2.33. The Kier molecular flexibility index (Phi) is 5.09. The molecule has 3 nitrogen and oxygen atoms in total. The van der Waals surface area contributed by atoms with E-state index in [4.69, 9.17) is 0 Å². The van der Waals surface area contributed by atoms with E-state index in [9.17, 15) is 18.0 Å². The van der Waals surface area contributed by atoms with Crippen LogP contribution in [0.4, 0.5) is 23.7 Å². The van der Waals surface area contributed by atoms with E-state index in [1.54, 1.807) is 0 Å². The van der Waals surface area contributed by atoms with Crippen LogP contribution in [0, 0.1) is 5.92 Å². The van der Waals surface area contributed by atoms with Crippen molar-refractivity contribution in [2.45, 2.75) is 38.3 Å². The fraction of sp³-hybridized carbons (Fsp3) is 0.533. The van der Waals surface area contributed by atoms with Crippen molar-refractivity contribution in [1.82, 2.24) is 5.32 Å². The van der Waals surface area contributed by atoms with Gasteiger partial charge in [-0.2, -0.15) is 13.2 Å². The zero-order valence-electron chi connectivity index (χ0n) is 11.7. The highest BCUT2D eigenvalue weighted by molar-refractivity contribution is 5.89. The second kappa shape index (κ2) is 6.83. The normalized spacial score (nSPS) is 16.5. The average molecular weight is 300 g/mol.